The van der Waals surface area contributed by atoms with Crippen molar-refractivity contribution < 1.29 is 39.2 Å². The molecule has 0 aromatic heterocycles. The van der Waals surface area contributed by atoms with Crippen molar-refractivity contribution in [1.82, 2.24) is 0 Å². The van der Waals surface area contributed by atoms with E-state index in [0.29, 0.717) is 17.6 Å². The fourth-order valence-electron chi connectivity index (χ4n) is 7.76. The Morgan fingerprint density at radius 2 is 1.83 bits per heavy atom. The van der Waals surface area contributed by atoms with Gasteiger partial charge in [-0.05, 0) is 24.5 Å². The fraction of sp³-hybridized carbons (Fsp3) is 0.750. The zero-order valence-electron chi connectivity index (χ0n) is 22.2. The molecule has 2 fully saturated rings. The van der Waals surface area contributed by atoms with E-state index in [1.807, 2.05) is 20.8 Å². The van der Waals surface area contributed by atoms with Crippen LogP contribution in [-0.2, 0) is 23.9 Å². The molecular weight excluding hydrogens is 464 g/mol. The fourth-order valence-corrected chi connectivity index (χ4v) is 7.76. The van der Waals surface area contributed by atoms with Crippen LogP contribution in [0.1, 0.15) is 73.6 Å². The van der Waals surface area contributed by atoms with Crippen LogP contribution < -0.4 is 0 Å². The summed E-state index contributed by atoms with van der Waals surface area (Å²) in [6.45, 7) is 10.1. The molecule has 0 radical (unpaired) electrons. The molecule has 2 saturated carbocycles. The van der Waals surface area contributed by atoms with E-state index in [2.05, 4.69) is 0 Å². The number of fused-ring (bicyclic) bond motifs is 5. The van der Waals surface area contributed by atoms with Gasteiger partial charge in [0.1, 0.15) is 11.7 Å². The Kier molecular flexibility index (Phi) is 6.59. The zero-order chi connectivity index (χ0) is 26.8. The number of hydrogen-bond donors (Lipinski definition) is 3. The van der Waals surface area contributed by atoms with Gasteiger partial charge in [0.2, 0.25) is 0 Å². The summed E-state index contributed by atoms with van der Waals surface area (Å²) in [6.07, 6.45) is 5.06. The predicted molar refractivity (Wildman–Crippen MR) is 130 cm³/mol. The number of hydrogen-bond acceptors (Lipinski definition) is 8. The SMILES string of the molecule is CCCCCC(=O)O[C@@]12[C@H](OC(C)=O)[C@@H](C)[C@@]3(O)[C@@H](C=C(CO)C[C@]4(O)C(=O)C(C)=C[C@@H]34)[C@@H]1C2(C)C. The van der Waals surface area contributed by atoms with Gasteiger partial charge >= 0.3 is 11.9 Å². The van der Waals surface area contributed by atoms with Crippen LogP contribution in [0.3, 0.4) is 0 Å². The van der Waals surface area contributed by atoms with Crippen LogP contribution in [0.25, 0.3) is 0 Å². The number of ether oxygens (including phenoxy) is 2. The molecule has 4 rings (SSSR count). The van der Waals surface area contributed by atoms with Gasteiger partial charge in [0.15, 0.2) is 11.4 Å². The van der Waals surface area contributed by atoms with Crippen molar-refractivity contribution in [3.05, 3.63) is 23.3 Å². The lowest BCUT2D eigenvalue weighted by atomic mass is 9.59. The van der Waals surface area contributed by atoms with E-state index in [1.165, 1.54) is 6.92 Å². The quantitative estimate of drug-likeness (QED) is 0.274. The second kappa shape index (κ2) is 8.77. The molecule has 3 N–H and O–H groups in total. The molecule has 0 saturated heterocycles. The van der Waals surface area contributed by atoms with Crippen molar-refractivity contribution in [1.29, 1.82) is 0 Å². The third-order valence-electron chi connectivity index (χ3n) is 9.52. The first-order valence-electron chi connectivity index (χ1n) is 13.1. The Hall–Kier alpha value is -2.03. The standard InChI is InChI=1S/C28H40O8/c1-7-8-9-10-21(31)36-28-22(25(28,5)6)19-12-18(14-29)13-26(33)20(11-15(2)23(26)32)27(19,34)16(3)24(28)35-17(4)30/h11-12,16,19-20,22,24,29,33-34H,7-10,13-14H2,1-6H3/t16-,19+,20-,22-,24-,26-,27-,28-/m1/s1. The Bertz CT molecular complexity index is 1030. The van der Waals surface area contributed by atoms with E-state index in [0.717, 1.165) is 12.8 Å². The van der Waals surface area contributed by atoms with E-state index in [9.17, 15) is 29.7 Å². The molecule has 0 aromatic carbocycles. The zero-order valence-corrected chi connectivity index (χ0v) is 22.2. The maximum atomic E-state index is 13.1. The monoisotopic (exact) mass is 504 g/mol. The largest absolute Gasteiger partial charge is 0.458 e. The summed E-state index contributed by atoms with van der Waals surface area (Å²) in [5.41, 5.74) is -4.69. The first-order chi connectivity index (χ1) is 16.7. The second-order valence-electron chi connectivity index (χ2n) is 11.9. The summed E-state index contributed by atoms with van der Waals surface area (Å²) in [4.78, 5) is 38.4. The first kappa shape index (κ1) is 27.0. The van der Waals surface area contributed by atoms with Gasteiger partial charge < -0.3 is 24.8 Å². The third kappa shape index (κ3) is 3.47. The number of aliphatic hydroxyl groups is 3. The molecule has 0 aromatic rings. The summed E-state index contributed by atoms with van der Waals surface area (Å²) in [6, 6.07) is 0. The molecule has 8 atom stereocenters. The highest BCUT2D eigenvalue weighted by Gasteiger charge is 2.87. The van der Waals surface area contributed by atoms with E-state index in [4.69, 9.17) is 9.47 Å². The van der Waals surface area contributed by atoms with Gasteiger partial charge in [-0.25, -0.2) is 0 Å². The Morgan fingerprint density at radius 1 is 1.17 bits per heavy atom. The average Bonchev–Trinajstić information content (AvgIpc) is 3.22. The molecule has 4 aliphatic carbocycles. The van der Waals surface area contributed by atoms with Crippen LogP contribution in [-0.4, -0.2) is 62.6 Å². The lowest BCUT2D eigenvalue weighted by Gasteiger charge is -2.53. The maximum absolute atomic E-state index is 13.1. The molecular formula is C28H40O8. The predicted octanol–water partition coefficient (Wildman–Crippen LogP) is 2.63. The van der Waals surface area contributed by atoms with Crippen LogP contribution in [0, 0.1) is 29.1 Å². The molecule has 4 aliphatic rings. The second-order valence-corrected chi connectivity index (χ2v) is 11.9. The lowest BCUT2D eigenvalue weighted by Crippen LogP contribution is -2.66. The highest BCUT2D eigenvalue weighted by atomic mass is 16.6. The van der Waals surface area contributed by atoms with Crippen LogP contribution in [0.5, 0.6) is 0 Å². The number of carbonyl (C=O) groups is 3. The Balaban J connectivity index is 1.86. The van der Waals surface area contributed by atoms with Gasteiger partial charge in [-0.3, -0.25) is 14.4 Å². The topological polar surface area (TPSA) is 130 Å². The van der Waals surface area contributed by atoms with Gasteiger partial charge in [0.05, 0.1) is 12.2 Å². The molecule has 0 heterocycles. The van der Waals surface area contributed by atoms with Crippen molar-refractivity contribution >= 4 is 17.7 Å². The minimum Gasteiger partial charge on any atom is -0.458 e. The van der Waals surface area contributed by atoms with Gasteiger partial charge in [0, 0.05) is 48.9 Å². The normalized spacial score (nSPS) is 42.2. The van der Waals surface area contributed by atoms with Crippen LogP contribution in [0.4, 0.5) is 0 Å². The highest BCUT2D eigenvalue weighted by Crippen LogP contribution is 2.77. The van der Waals surface area contributed by atoms with Gasteiger partial charge in [0.25, 0.3) is 0 Å². The Labute approximate surface area is 212 Å². The number of ketones is 1. The highest BCUT2D eigenvalue weighted by molar-refractivity contribution is 6.04. The number of esters is 2. The number of carbonyl (C=O) groups excluding carboxylic acids is 3. The molecule has 8 heteroatoms. The van der Waals surface area contributed by atoms with E-state index >= 15 is 0 Å². The molecule has 0 aliphatic heterocycles. The molecule has 0 spiro atoms. The van der Waals surface area contributed by atoms with Gasteiger partial charge in [-0.15, -0.1) is 0 Å². The summed E-state index contributed by atoms with van der Waals surface area (Å²) in [5, 5.41) is 34.3. The molecule has 0 amide bonds. The summed E-state index contributed by atoms with van der Waals surface area (Å²) in [7, 11) is 0. The first-order valence-corrected chi connectivity index (χ1v) is 13.1. The third-order valence-corrected chi connectivity index (χ3v) is 9.52. The van der Waals surface area contributed by atoms with Crippen LogP contribution >= 0.6 is 0 Å². The lowest BCUT2D eigenvalue weighted by molar-refractivity contribution is -0.228. The minimum atomic E-state index is -1.92. The molecule has 36 heavy (non-hydrogen) atoms. The van der Waals surface area contributed by atoms with Crippen molar-refractivity contribution in [2.24, 2.45) is 29.1 Å². The summed E-state index contributed by atoms with van der Waals surface area (Å²) in [5.74, 6) is -4.32. The van der Waals surface area contributed by atoms with E-state index < -0.39 is 63.7 Å². The average molecular weight is 505 g/mol. The van der Waals surface area contributed by atoms with Crippen LogP contribution in [0.15, 0.2) is 23.3 Å². The van der Waals surface area contributed by atoms with Crippen molar-refractivity contribution in [3.63, 3.8) is 0 Å². The van der Waals surface area contributed by atoms with E-state index in [-0.39, 0.29) is 25.4 Å². The number of unbranched alkanes of at least 4 members (excludes halogenated alkanes) is 2. The summed E-state index contributed by atoms with van der Waals surface area (Å²) >= 11 is 0. The molecule has 0 bridgehead atoms. The van der Waals surface area contributed by atoms with Gasteiger partial charge in [-0.2, -0.15) is 0 Å². The van der Waals surface area contributed by atoms with Gasteiger partial charge in [-0.1, -0.05) is 52.7 Å². The van der Waals surface area contributed by atoms with Crippen molar-refractivity contribution in [3.8, 4) is 0 Å². The smallest absolute Gasteiger partial charge is 0.306 e. The van der Waals surface area contributed by atoms with Crippen molar-refractivity contribution in [2.45, 2.75) is 96.6 Å². The number of aliphatic hydroxyl groups excluding tert-OH is 1. The summed E-state index contributed by atoms with van der Waals surface area (Å²) < 4.78 is 12.0. The van der Waals surface area contributed by atoms with E-state index in [1.54, 1.807) is 26.0 Å². The molecule has 0 unspecified atom stereocenters. The Morgan fingerprint density at radius 3 is 2.42 bits per heavy atom. The maximum Gasteiger partial charge on any atom is 0.306 e. The minimum absolute atomic E-state index is 0.110. The molecule has 200 valence electrons. The van der Waals surface area contributed by atoms with Crippen LogP contribution in [0.2, 0.25) is 0 Å². The molecule has 8 nitrogen and oxygen atoms in total. The van der Waals surface area contributed by atoms with Crippen molar-refractivity contribution in [2.75, 3.05) is 6.61 Å². The number of rotatable bonds is 7. The number of Topliss-reactive ketones (excluding diaryl/α,β-unsaturated/α-hetero) is 1.